The molecule has 0 spiro atoms. The van der Waals surface area contributed by atoms with Gasteiger partial charge in [-0.1, -0.05) is 28.1 Å². The first kappa shape index (κ1) is 14.6. The monoisotopic (exact) mass is 338 g/mol. The zero-order valence-electron chi connectivity index (χ0n) is 11.3. The van der Waals surface area contributed by atoms with Gasteiger partial charge >= 0.3 is 0 Å². The minimum atomic E-state index is 0.467. The Morgan fingerprint density at radius 3 is 2.74 bits per heavy atom. The lowest BCUT2D eigenvalue weighted by molar-refractivity contribution is 0.688. The van der Waals surface area contributed by atoms with Gasteiger partial charge in [-0.15, -0.1) is 11.3 Å². The number of anilines is 1. The van der Waals surface area contributed by atoms with Crippen molar-refractivity contribution in [3.8, 4) is 0 Å². The number of halogens is 1. The van der Waals surface area contributed by atoms with E-state index in [0.717, 1.165) is 16.5 Å². The smallest absolute Gasteiger partial charge is 0.0377 e. The summed E-state index contributed by atoms with van der Waals surface area (Å²) in [5, 5.41) is 2.13. The molecule has 0 aliphatic carbocycles. The fourth-order valence-corrected chi connectivity index (χ4v) is 3.39. The summed E-state index contributed by atoms with van der Waals surface area (Å²) in [6.07, 6.45) is 1.07. The number of hydrogen-bond donors (Lipinski definition) is 1. The van der Waals surface area contributed by atoms with Crippen molar-refractivity contribution in [3.05, 3.63) is 50.6 Å². The van der Waals surface area contributed by atoms with Gasteiger partial charge < -0.3 is 10.6 Å². The fraction of sp³-hybridized carbons (Fsp3) is 0.333. The normalized spacial score (nSPS) is 12.4. The van der Waals surface area contributed by atoms with Gasteiger partial charge in [0, 0.05) is 41.1 Å². The molecular formula is C15H19BrN2S. The molecule has 0 fully saturated rings. The molecule has 102 valence electrons. The Morgan fingerprint density at radius 2 is 2.16 bits per heavy atom. The van der Waals surface area contributed by atoms with Gasteiger partial charge in [0.1, 0.15) is 0 Å². The number of nitrogens with two attached hydrogens (primary N) is 1. The van der Waals surface area contributed by atoms with Crippen molar-refractivity contribution in [3.63, 3.8) is 0 Å². The summed E-state index contributed by atoms with van der Waals surface area (Å²) < 4.78 is 1.09. The molecule has 19 heavy (non-hydrogen) atoms. The average molecular weight is 339 g/mol. The van der Waals surface area contributed by atoms with Gasteiger partial charge in [-0.05, 0) is 36.1 Å². The largest absolute Gasteiger partial charge is 0.371 e. The Bertz CT molecular complexity index is 525. The van der Waals surface area contributed by atoms with Crippen LogP contribution in [0.1, 0.15) is 17.4 Å². The van der Waals surface area contributed by atoms with Crippen LogP contribution in [0, 0.1) is 0 Å². The lowest BCUT2D eigenvalue weighted by atomic mass is 10.1. The highest BCUT2D eigenvalue weighted by molar-refractivity contribution is 9.10. The predicted molar refractivity (Wildman–Crippen MR) is 87.9 cm³/mol. The van der Waals surface area contributed by atoms with Gasteiger partial charge in [-0.3, -0.25) is 0 Å². The molecule has 0 radical (unpaired) electrons. The lowest BCUT2D eigenvalue weighted by Gasteiger charge is -2.27. The van der Waals surface area contributed by atoms with E-state index in [2.05, 4.69) is 70.5 Å². The molecule has 0 bridgehead atoms. The van der Waals surface area contributed by atoms with Crippen molar-refractivity contribution in [1.82, 2.24) is 0 Å². The zero-order valence-corrected chi connectivity index (χ0v) is 13.7. The second-order valence-corrected chi connectivity index (χ2v) is 6.61. The summed E-state index contributed by atoms with van der Waals surface area (Å²) in [6, 6.07) is 11.1. The second-order valence-electron chi connectivity index (χ2n) is 4.72. The van der Waals surface area contributed by atoms with E-state index < -0.39 is 0 Å². The van der Waals surface area contributed by atoms with Gasteiger partial charge in [0.15, 0.2) is 0 Å². The van der Waals surface area contributed by atoms with E-state index in [9.17, 15) is 0 Å². The van der Waals surface area contributed by atoms with Crippen molar-refractivity contribution in [1.29, 1.82) is 0 Å². The zero-order chi connectivity index (χ0) is 13.8. The summed E-state index contributed by atoms with van der Waals surface area (Å²) in [6.45, 7) is 2.82. The van der Waals surface area contributed by atoms with Crippen molar-refractivity contribution in [2.24, 2.45) is 5.73 Å². The maximum absolute atomic E-state index is 5.68. The highest BCUT2D eigenvalue weighted by atomic mass is 79.9. The molecule has 2 nitrogen and oxygen atoms in total. The molecule has 1 atom stereocenters. The van der Waals surface area contributed by atoms with Crippen molar-refractivity contribution in [2.75, 3.05) is 11.9 Å². The summed E-state index contributed by atoms with van der Waals surface area (Å²) in [5.41, 5.74) is 8.04. The van der Waals surface area contributed by atoms with Gasteiger partial charge in [-0.2, -0.15) is 0 Å². The minimum Gasteiger partial charge on any atom is -0.371 e. The number of likely N-dealkylation sites (N-methyl/N-ethyl adjacent to an activating group) is 1. The number of hydrogen-bond acceptors (Lipinski definition) is 3. The molecule has 0 saturated heterocycles. The van der Waals surface area contributed by atoms with Crippen LogP contribution in [0.5, 0.6) is 0 Å². The molecule has 4 heteroatoms. The lowest BCUT2D eigenvalue weighted by Crippen LogP contribution is -2.30. The van der Waals surface area contributed by atoms with Crippen LogP contribution >= 0.6 is 27.3 Å². The highest BCUT2D eigenvalue weighted by Gasteiger charge is 2.12. The molecule has 0 aliphatic rings. The van der Waals surface area contributed by atoms with Crippen molar-refractivity contribution in [2.45, 2.75) is 25.9 Å². The number of rotatable bonds is 5. The van der Waals surface area contributed by atoms with Crippen LogP contribution in [0.4, 0.5) is 5.69 Å². The molecule has 1 aromatic carbocycles. The maximum Gasteiger partial charge on any atom is 0.0377 e. The first-order valence-corrected chi connectivity index (χ1v) is 8.02. The summed E-state index contributed by atoms with van der Waals surface area (Å²) in [4.78, 5) is 3.74. The number of thiophene rings is 1. The first-order chi connectivity index (χ1) is 9.11. The van der Waals surface area contributed by atoms with Crippen LogP contribution in [0.3, 0.4) is 0 Å². The van der Waals surface area contributed by atoms with Crippen LogP contribution in [-0.4, -0.2) is 13.1 Å². The Labute approximate surface area is 127 Å². The molecular weight excluding hydrogens is 320 g/mol. The second kappa shape index (κ2) is 6.55. The molecule has 2 N–H and O–H groups in total. The number of nitrogens with zero attached hydrogens (tertiary/aromatic N) is 1. The Morgan fingerprint density at radius 1 is 1.37 bits per heavy atom. The van der Waals surface area contributed by atoms with E-state index in [0.29, 0.717) is 12.6 Å². The van der Waals surface area contributed by atoms with Gasteiger partial charge in [0.2, 0.25) is 0 Å². The van der Waals surface area contributed by atoms with Crippen LogP contribution in [0.15, 0.2) is 40.2 Å². The van der Waals surface area contributed by atoms with Crippen LogP contribution in [-0.2, 0) is 13.0 Å². The van der Waals surface area contributed by atoms with E-state index >= 15 is 0 Å². The third kappa shape index (κ3) is 3.59. The summed E-state index contributed by atoms with van der Waals surface area (Å²) in [5.74, 6) is 0. The first-order valence-electron chi connectivity index (χ1n) is 6.35. The standard InChI is InChI=1S/C15H19BrN2S/c1-11(8-14-4-3-7-19-14)18(2)13-6-5-12(10-17)15(16)9-13/h3-7,9,11H,8,10,17H2,1-2H3. The average Bonchev–Trinajstić information content (AvgIpc) is 2.90. The molecule has 2 aromatic rings. The van der Waals surface area contributed by atoms with Gasteiger partial charge in [-0.25, -0.2) is 0 Å². The van der Waals surface area contributed by atoms with E-state index in [1.807, 2.05) is 11.3 Å². The van der Waals surface area contributed by atoms with E-state index in [-0.39, 0.29) is 0 Å². The minimum absolute atomic E-state index is 0.467. The Hall–Kier alpha value is -0.840. The third-order valence-corrected chi connectivity index (χ3v) is 5.04. The van der Waals surface area contributed by atoms with Crippen LogP contribution in [0.2, 0.25) is 0 Å². The molecule has 1 aromatic heterocycles. The van der Waals surface area contributed by atoms with Gasteiger partial charge in [0.25, 0.3) is 0 Å². The van der Waals surface area contributed by atoms with Crippen molar-refractivity contribution >= 4 is 33.0 Å². The Kier molecular flexibility index (Phi) is 5.02. The maximum atomic E-state index is 5.68. The molecule has 2 rings (SSSR count). The molecule has 0 saturated carbocycles. The number of benzene rings is 1. The van der Waals surface area contributed by atoms with Crippen LogP contribution in [0.25, 0.3) is 0 Å². The predicted octanol–water partition coefficient (Wildman–Crippen LogP) is 4.04. The molecule has 0 amide bonds. The fourth-order valence-electron chi connectivity index (χ4n) is 2.03. The van der Waals surface area contributed by atoms with Crippen LogP contribution < -0.4 is 10.6 Å². The molecule has 1 heterocycles. The highest BCUT2D eigenvalue weighted by Crippen LogP contribution is 2.25. The summed E-state index contributed by atoms with van der Waals surface area (Å²) in [7, 11) is 2.14. The van der Waals surface area contributed by atoms with E-state index in [1.54, 1.807) is 0 Å². The molecule has 1 unspecified atom stereocenters. The van der Waals surface area contributed by atoms with E-state index in [1.165, 1.54) is 10.6 Å². The Balaban J connectivity index is 2.10. The SMILES string of the molecule is CC(Cc1cccs1)N(C)c1ccc(CN)c(Br)c1. The summed E-state index contributed by atoms with van der Waals surface area (Å²) >= 11 is 5.40. The van der Waals surface area contributed by atoms with Crippen molar-refractivity contribution < 1.29 is 0 Å². The quantitative estimate of drug-likeness (QED) is 0.891. The third-order valence-electron chi connectivity index (χ3n) is 3.40. The van der Waals surface area contributed by atoms with E-state index in [4.69, 9.17) is 5.73 Å². The topological polar surface area (TPSA) is 29.3 Å². The van der Waals surface area contributed by atoms with Gasteiger partial charge in [0.05, 0.1) is 0 Å². The molecule has 0 aliphatic heterocycles.